The molecule has 0 spiro atoms. The van der Waals surface area contributed by atoms with Crippen LogP contribution in [-0.4, -0.2) is 51.5 Å². The van der Waals surface area contributed by atoms with Crippen molar-refractivity contribution in [3.63, 3.8) is 0 Å². The van der Waals surface area contributed by atoms with E-state index in [1.54, 1.807) is 18.0 Å². The summed E-state index contributed by atoms with van der Waals surface area (Å²) < 4.78 is 9.72. The zero-order valence-corrected chi connectivity index (χ0v) is 17.6. The fraction of sp³-hybridized carbons (Fsp3) is 0.348. The lowest BCUT2D eigenvalue weighted by Gasteiger charge is -2.22. The molecule has 0 aliphatic rings. The first-order valence-electron chi connectivity index (χ1n) is 9.62. The van der Waals surface area contributed by atoms with Gasteiger partial charge in [-0.1, -0.05) is 36.4 Å². The molecule has 0 saturated heterocycles. The Morgan fingerprint density at radius 1 is 1.07 bits per heavy atom. The molecular weight excluding hydrogens is 368 g/mol. The molecule has 0 amide bonds. The van der Waals surface area contributed by atoms with Gasteiger partial charge in [-0.05, 0) is 50.1 Å². The number of benzene rings is 1. The summed E-state index contributed by atoms with van der Waals surface area (Å²) >= 11 is 0. The maximum atomic E-state index is 11.9. The molecule has 0 heterocycles. The number of esters is 2. The average molecular weight is 399 g/mol. The second-order valence-electron chi connectivity index (χ2n) is 5.98. The van der Waals surface area contributed by atoms with Crippen molar-refractivity contribution in [2.75, 3.05) is 38.3 Å². The monoisotopic (exact) mass is 398 g/mol. The minimum Gasteiger partial charge on any atom is -0.468 e. The Balaban J connectivity index is 2.96. The van der Waals surface area contributed by atoms with Gasteiger partial charge in [0.15, 0.2) is 0 Å². The molecule has 0 atom stereocenters. The summed E-state index contributed by atoms with van der Waals surface area (Å²) in [5, 5.41) is 0. The summed E-state index contributed by atoms with van der Waals surface area (Å²) in [6.45, 7) is 6.68. The van der Waals surface area contributed by atoms with Gasteiger partial charge in [-0.3, -0.25) is 14.6 Å². The summed E-state index contributed by atoms with van der Waals surface area (Å²) in [6.07, 6.45) is 11.7. The van der Waals surface area contributed by atoms with Crippen molar-refractivity contribution < 1.29 is 19.1 Å². The van der Waals surface area contributed by atoms with E-state index < -0.39 is 11.9 Å². The van der Waals surface area contributed by atoms with Gasteiger partial charge in [0, 0.05) is 18.4 Å². The number of methoxy groups -OCH3 is 1. The number of ether oxygens (including phenoxy) is 2. The SMILES string of the molecule is C\C=C/C(/C=C/c1ccc(N(CC(=O)OC)CC(=O)OCC)cc1)=C\C=NCC. The molecule has 0 unspecified atom stereocenters. The molecule has 0 aromatic heterocycles. The molecule has 0 saturated carbocycles. The minimum atomic E-state index is -0.423. The van der Waals surface area contributed by atoms with Crippen molar-refractivity contribution in [1.82, 2.24) is 0 Å². The minimum absolute atomic E-state index is 0.0247. The molecule has 1 aromatic rings. The fourth-order valence-corrected chi connectivity index (χ4v) is 2.41. The molecule has 0 radical (unpaired) electrons. The van der Waals surface area contributed by atoms with Crippen LogP contribution in [0.25, 0.3) is 6.08 Å². The second kappa shape index (κ2) is 13.9. The molecular formula is C23H30N2O4. The first kappa shape index (κ1) is 23.9. The van der Waals surface area contributed by atoms with Crippen LogP contribution >= 0.6 is 0 Å². The Labute approximate surface area is 173 Å². The molecule has 29 heavy (non-hydrogen) atoms. The highest BCUT2D eigenvalue weighted by Gasteiger charge is 2.16. The van der Waals surface area contributed by atoms with Crippen molar-refractivity contribution in [2.24, 2.45) is 4.99 Å². The first-order valence-corrected chi connectivity index (χ1v) is 9.62. The predicted molar refractivity (Wildman–Crippen MR) is 118 cm³/mol. The summed E-state index contributed by atoms with van der Waals surface area (Å²) in [5.41, 5.74) is 2.76. The lowest BCUT2D eigenvalue weighted by molar-refractivity contribution is -0.141. The van der Waals surface area contributed by atoms with Crippen LogP contribution in [0.1, 0.15) is 26.3 Å². The number of aliphatic imine (C=N–C) groups is 1. The highest BCUT2D eigenvalue weighted by atomic mass is 16.5. The maximum Gasteiger partial charge on any atom is 0.325 e. The molecule has 6 heteroatoms. The molecule has 0 fully saturated rings. The number of anilines is 1. The Hall–Kier alpha value is -3.15. The van der Waals surface area contributed by atoms with Gasteiger partial charge in [-0.25, -0.2) is 0 Å². The number of hydrogen-bond donors (Lipinski definition) is 0. The highest BCUT2D eigenvalue weighted by molar-refractivity contribution is 5.81. The molecule has 6 nitrogen and oxygen atoms in total. The Morgan fingerprint density at radius 3 is 2.34 bits per heavy atom. The van der Waals surface area contributed by atoms with Crippen LogP contribution in [0.3, 0.4) is 0 Å². The summed E-state index contributed by atoms with van der Waals surface area (Å²) in [5.74, 6) is -0.816. The Morgan fingerprint density at radius 2 is 1.76 bits per heavy atom. The van der Waals surface area contributed by atoms with Gasteiger partial charge in [0.1, 0.15) is 13.1 Å². The molecule has 0 bridgehead atoms. The van der Waals surface area contributed by atoms with Gasteiger partial charge in [-0.15, -0.1) is 0 Å². The van der Waals surface area contributed by atoms with E-state index in [0.29, 0.717) is 6.61 Å². The quantitative estimate of drug-likeness (QED) is 0.322. The average Bonchev–Trinajstić information content (AvgIpc) is 2.72. The standard InChI is InChI=1S/C23H30N2O4/c1-5-8-19(15-16-24-6-2)9-10-20-11-13-21(14-12-20)25(17-22(26)28-4)18-23(27)29-7-3/h5,8-16H,6-7,17-18H2,1-4H3/b8-5-,10-9+,19-15+,24-16?. The summed E-state index contributed by atoms with van der Waals surface area (Å²) in [6, 6.07) is 7.57. The Kier molecular flexibility index (Phi) is 11.5. The van der Waals surface area contributed by atoms with Gasteiger partial charge in [-0.2, -0.15) is 0 Å². The molecule has 1 rings (SSSR count). The normalized spacial score (nSPS) is 12.1. The topological polar surface area (TPSA) is 68.2 Å². The number of carbonyl (C=O) groups excluding carboxylic acids is 2. The largest absolute Gasteiger partial charge is 0.468 e. The molecule has 0 aliphatic heterocycles. The van der Waals surface area contributed by atoms with Gasteiger partial charge >= 0.3 is 11.9 Å². The van der Waals surface area contributed by atoms with E-state index in [1.165, 1.54) is 7.11 Å². The molecule has 1 aromatic carbocycles. The number of hydrogen-bond acceptors (Lipinski definition) is 6. The summed E-state index contributed by atoms with van der Waals surface area (Å²) in [4.78, 5) is 29.4. The number of allylic oxidation sites excluding steroid dienone is 5. The van der Waals surface area contributed by atoms with Crippen LogP contribution in [0.2, 0.25) is 0 Å². The van der Waals surface area contributed by atoms with Crippen LogP contribution in [-0.2, 0) is 19.1 Å². The van der Waals surface area contributed by atoms with Gasteiger partial charge < -0.3 is 14.4 Å². The summed E-state index contributed by atoms with van der Waals surface area (Å²) in [7, 11) is 1.32. The lowest BCUT2D eigenvalue weighted by Crippen LogP contribution is -2.35. The lowest BCUT2D eigenvalue weighted by atomic mass is 10.1. The van der Waals surface area contributed by atoms with Crippen molar-refractivity contribution in [3.8, 4) is 0 Å². The van der Waals surface area contributed by atoms with Crippen LogP contribution in [0, 0.1) is 0 Å². The molecule has 0 aliphatic carbocycles. The third-order valence-corrected chi connectivity index (χ3v) is 3.81. The predicted octanol–water partition coefficient (Wildman–Crippen LogP) is 3.84. The van der Waals surface area contributed by atoms with E-state index in [1.807, 2.05) is 68.5 Å². The number of carbonyl (C=O) groups is 2. The fourth-order valence-electron chi connectivity index (χ4n) is 2.41. The second-order valence-corrected chi connectivity index (χ2v) is 5.98. The van der Waals surface area contributed by atoms with Crippen molar-refractivity contribution in [2.45, 2.75) is 20.8 Å². The van der Waals surface area contributed by atoms with Gasteiger partial charge in [0.25, 0.3) is 0 Å². The zero-order chi connectivity index (χ0) is 21.5. The van der Waals surface area contributed by atoms with E-state index >= 15 is 0 Å². The number of nitrogens with zero attached hydrogens (tertiary/aromatic N) is 2. The zero-order valence-electron chi connectivity index (χ0n) is 17.6. The van der Waals surface area contributed by atoms with Crippen LogP contribution < -0.4 is 4.90 Å². The smallest absolute Gasteiger partial charge is 0.325 e. The first-order chi connectivity index (χ1) is 14.0. The van der Waals surface area contributed by atoms with Crippen molar-refractivity contribution in [3.05, 3.63) is 59.7 Å². The van der Waals surface area contributed by atoms with E-state index in [0.717, 1.165) is 23.4 Å². The number of rotatable bonds is 11. The Bertz CT molecular complexity index is 762. The van der Waals surface area contributed by atoms with Crippen molar-refractivity contribution in [1.29, 1.82) is 0 Å². The van der Waals surface area contributed by atoms with Gasteiger partial charge in [0.2, 0.25) is 0 Å². The maximum absolute atomic E-state index is 11.9. The van der Waals surface area contributed by atoms with Crippen molar-refractivity contribution >= 4 is 29.9 Å². The third-order valence-electron chi connectivity index (χ3n) is 3.81. The van der Waals surface area contributed by atoms with E-state index in [2.05, 4.69) is 4.99 Å². The third kappa shape index (κ3) is 9.55. The van der Waals surface area contributed by atoms with Crippen LogP contribution in [0.15, 0.2) is 59.1 Å². The van der Waals surface area contributed by atoms with Crippen LogP contribution in [0.4, 0.5) is 5.69 Å². The highest BCUT2D eigenvalue weighted by Crippen LogP contribution is 2.17. The molecule has 0 N–H and O–H groups in total. The molecule has 156 valence electrons. The van der Waals surface area contributed by atoms with Gasteiger partial charge in [0.05, 0.1) is 13.7 Å². The van der Waals surface area contributed by atoms with E-state index in [4.69, 9.17) is 9.47 Å². The van der Waals surface area contributed by atoms with E-state index in [9.17, 15) is 9.59 Å². The van der Waals surface area contributed by atoms with E-state index in [-0.39, 0.29) is 13.1 Å². The van der Waals surface area contributed by atoms with Crippen LogP contribution in [0.5, 0.6) is 0 Å².